The molecular formula is C15H13N7O6. The van der Waals surface area contributed by atoms with Crippen LogP contribution in [-0.4, -0.2) is 34.3 Å². The number of hydrogen-bond donors (Lipinski definition) is 0. The van der Waals surface area contributed by atoms with E-state index in [1.165, 1.54) is 49.7 Å². The Bertz CT molecular complexity index is 1130. The van der Waals surface area contributed by atoms with Gasteiger partial charge in [0.05, 0.1) is 20.5 Å². The number of hydrogen-bond acceptors (Lipinski definition) is 8. The number of non-ortho nitro benzene ring substituents is 1. The van der Waals surface area contributed by atoms with E-state index in [9.17, 15) is 30.3 Å². The van der Waals surface area contributed by atoms with Crippen LogP contribution in [0.4, 0.5) is 17.1 Å². The summed E-state index contributed by atoms with van der Waals surface area (Å²) in [6, 6.07) is 5.20. The number of aryl methyl sites for hydroxylation is 2. The van der Waals surface area contributed by atoms with Crippen molar-refractivity contribution in [3.63, 3.8) is 0 Å². The molecule has 0 saturated heterocycles. The number of nitro groups is 3. The highest BCUT2D eigenvalue weighted by Gasteiger charge is 2.33. The highest BCUT2D eigenvalue weighted by Crippen LogP contribution is 2.33. The summed E-state index contributed by atoms with van der Waals surface area (Å²) < 4.78 is 2.27. The van der Waals surface area contributed by atoms with Gasteiger partial charge in [-0.25, -0.2) is 9.36 Å². The lowest BCUT2D eigenvalue weighted by Gasteiger charge is -2.08. The zero-order valence-electron chi connectivity index (χ0n) is 14.9. The van der Waals surface area contributed by atoms with Crippen LogP contribution in [0.15, 0.2) is 24.3 Å². The van der Waals surface area contributed by atoms with Crippen molar-refractivity contribution in [1.82, 2.24) is 19.6 Å². The minimum Gasteiger partial charge on any atom is -0.258 e. The third-order valence-corrected chi connectivity index (χ3v) is 4.13. The van der Waals surface area contributed by atoms with Gasteiger partial charge in [-0.15, -0.1) is 0 Å². The number of rotatable bonds is 5. The maximum absolute atomic E-state index is 11.6. The van der Waals surface area contributed by atoms with Crippen LogP contribution in [0.3, 0.4) is 0 Å². The second-order valence-corrected chi connectivity index (χ2v) is 5.89. The van der Waals surface area contributed by atoms with Crippen molar-refractivity contribution in [3.8, 4) is 11.5 Å². The monoisotopic (exact) mass is 387 g/mol. The van der Waals surface area contributed by atoms with Gasteiger partial charge in [-0.1, -0.05) is 0 Å². The van der Waals surface area contributed by atoms with Crippen LogP contribution in [0.1, 0.15) is 17.1 Å². The molecule has 0 saturated carbocycles. The van der Waals surface area contributed by atoms with Crippen LogP contribution in [0.25, 0.3) is 11.5 Å². The Morgan fingerprint density at radius 1 is 0.750 bits per heavy atom. The molecule has 0 fully saturated rings. The Hall–Kier alpha value is -4.16. The standard InChI is InChI=1S/C15H13N7O6/c1-8-13(21(25)26)10(3)18(16-8)15-14(22(27)28)9(2)17-19(15)11-4-6-12(7-5-11)20(23)24/h4-7H,1-3H3. The zero-order chi connectivity index (χ0) is 20.7. The number of aromatic nitrogens is 4. The SMILES string of the molecule is Cc1nn(-c2c([N+](=O)[O-])c(C)nn2-c2ccc([N+](=O)[O-])cc2)c(C)c1[N+](=O)[O-]. The molecule has 0 spiro atoms. The van der Waals surface area contributed by atoms with Crippen LogP contribution in [0.5, 0.6) is 0 Å². The van der Waals surface area contributed by atoms with Gasteiger partial charge in [-0.2, -0.15) is 10.2 Å². The summed E-state index contributed by atoms with van der Waals surface area (Å²) in [6.07, 6.45) is 0. The first kappa shape index (κ1) is 18.6. The van der Waals surface area contributed by atoms with Crippen molar-refractivity contribution in [1.29, 1.82) is 0 Å². The van der Waals surface area contributed by atoms with Gasteiger partial charge in [0.25, 0.3) is 5.69 Å². The van der Waals surface area contributed by atoms with Gasteiger partial charge >= 0.3 is 11.4 Å². The first-order valence-electron chi connectivity index (χ1n) is 7.83. The maximum atomic E-state index is 11.6. The van der Waals surface area contributed by atoms with Crippen LogP contribution in [0.2, 0.25) is 0 Å². The van der Waals surface area contributed by atoms with Gasteiger partial charge in [-0.3, -0.25) is 30.3 Å². The largest absolute Gasteiger partial charge is 0.336 e. The van der Waals surface area contributed by atoms with E-state index in [-0.39, 0.29) is 40.0 Å². The van der Waals surface area contributed by atoms with Crippen LogP contribution >= 0.6 is 0 Å². The first-order valence-corrected chi connectivity index (χ1v) is 7.83. The molecule has 2 heterocycles. The highest BCUT2D eigenvalue weighted by molar-refractivity contribution is 5.58. The fraction of sp³-hybridized carbons (Fsp3) is 0.200. The van der Waals surface area contributed by atoms with Gasteiger partial charge in [0, 0.05) is 12.1 Å². The molecule has 0 radical (unpaired) electrons. The number of nitro benzene ring substituents is 1. The van der Waals surface area contributed by atoms with Gasteiger partial charge in [-0.05, 0) is 32.9 Å². The van der Waals surface area contributed by atoms with Crippen molar-refractivity contribution in [2.45, 2.75) is 20.8 Å². The first-order chi connectivity index (χ1) is 13.1. The quantitative estimate of drug-likeness (QED) is 0.476. The molecule has 3 aromatic rings. The predicted octanol–water partition coefficient (Wildman–Crippen LogP) is 2.71. The fourth-order valence-electron chi connectivity index (χ4n) is 2.91. The highest BCUT2D eigenvalue weighted by atomic mass is 16.6. The van der Waals surface area contributed by atoms with Crippen molar-refractivity contribution in [2.75, 3.05) is 0 Å². The molecule has 0 aliphatic rings. The van der Waals surface area contributed by atoms with E-state index in [2.05, 4.69) is 10.2 Å². The van der Waals surface area contributed by atoms with Gasteiger partial charge in [0.1, 0.15) is 17.1 Å². The van der Waals surface area contributed by atoms with Crippen LogP contribution < -0.4 is 0 Å². The van der Waals surface area contributed by atoms with E-state index in [0.29, 0.717) is 5.69 Å². The molecule has 13 nitrogen and oxygen atoms in total. The molecule has 0 bridgehead atoms. The van der Waals surface area contributed by atoms with Crippen molar-refractivity contribution < 1.29 is 14.8 Å². The van der Waals surface area contributed by atoms with E-state index < -0.39 is 14.8 Å². The third kappa shape index (κ3) is 2.84. The summed E-state index contributed by atoms with van der Waals surface area (Å²) in [7, 11) is 0. The van der Waals surface area contributed by atoms with Gasteiger partial charge in [0.2, 0.25) is 5.82 Å². The molecular weight excluding hydrogens is 374 g/mol. The molecule has 2 aromatic heterocycles. The zero-order valence-corrected chi connectivity index (χ0v) is 14.9. The third-order valence-electron chi connectivity index (χ3n) is 4.13. The van der Waals surface area contributed by atoms with Gasteiger partial charge in [0.15, 0.2) is 0 Å². The second-order valence-electron chi connectivity index (χ2n) is 5.89. The molecule has 28 heavy (non-hydrogen) atoms. The number of benzene rings is 1. The van der Waals surface area contributed by atoms with Crippen LogP contribution in [-0.2, 0) is 0 Å². The molecule has 1 aromatic carbocycles. The topological polar surface area (TPSA) is 165 Å². The maximum Gasteiger partial charge on any atom is 0.336 e. The molecule has 0 N–H and O–H groups in total. The van der Waals surface area contributed by atoms with Crippen molar-refractivity contribution >= 4 is 17.1 Å². The summed E-state index contributed by atoms with van der Waals surface area (Å²) in [5.74, 6) is -0.106. The number of nitrogens with zero attached hydrogens (tertiary/aromatic N) is 7. The lowest BCUT2D eigenvalue weighted by atomic mass is 10.3. The average Bonchev–Trinajstić information content (AvgIpc) is 3.10. The smallest absolute Gasteiger partial charge is 0.258 e. The Balaban J connectivity index is 2.32. The predicted molar refractivity (Wildman–Crippen MR) is 94.9 cm³/mol. The summed E-state index contributed by atoms with van der Waals surface area (Å²) in [6.45, 7) is 4.26. The lowest BCUT2D eigenvalue weighted by Crippen LogP contribution is -2.10. The molecule has 3 rings (SSSR count). The molecule has 0 unspecified atom stereocenters. The molecule has 0 aliphatic heterocycles. The van der Waals surface area contributed by atoms with E-state index in [4.69, 9.17) is 0 Å². The molecule has 0 aliphatic carbocycles. The van der Waals surface area contributed by atoms with E-state index in [0.717, 1.165) is 4.68 Å². The second kappa shape index (κ2) is 6.53. The average molecular weight is 387 g/mol. The van der Waals surface area contributed by atoms with Crippen LogP contribution in [0, 0.1) is 51.1 Å². The molecule has 144 valence electrons. The Morgan fingerprint density at radius 3 is 1.71 bits per heavy atom. The van der Waals surface area contributed by atoms with E-state index in [1.54, 1.807) is 0 Å². The Morgan fingerprint density at radius 2 is 1.25 bits per heavy atom. The minimum absolute atomic E-state index is 0.0635. The minimum atomic E-state index is -0.651. The van der Waals surface area contributed by atoms with E-state index >= 15 is 0 Å². The summed E-state index contributed by atoms with van der Waals surface area (Å²) in [4.78, 5) is 31.9. The Kier molecular flexibility index (Phi) is 4.34. The van der Waals surface area contributed by atoms with Crippen molar-refractivity contribution in [2.24, 2.45) is 0 Å². The Labute approximate surface area is 156 Å². The van der Waals surface area contributed by atoms with Crippen molar-refractivity contribution in [3.05, 3.63) is 71.7 Å². The molecule has 13 heteroatoms. The fourth-order valence-corrected chi connectivity index (χ4v) is 2.91. The van der Waals surface area contributed by atoms with Gasteiger partial charge < -0.3 is 0 Å². The van der Waals surface area contributed by atoms with E-state index in [1.807, 2.05) is 0 Å². The summed E-state index contributed by atoms with van der Waals surface area (Å²) in [5.41, 5.74) is -0.257. The summed E-state index contributed by atoms with van der Waals surface area (Å²) in [5, 5.41) is 42.0. The summed E-state index contributed by atoms with van der Waals surface area (Å²) >= 11 is 0. The molecule has 0 amide bonds. The lowest BCUT2D eigenvalue weighted by molar-refractivity contribution is -0.386. The molecule has 0 atom stereocenters. The normalized spacial score (nSPS) is 10.8.